The van der Waals surface area contributed by atoms with Crippen LogP contribution in [0.25, 0.3) is 0 Å². The fourth-order valence-electron chi connectivity index (χ4n) is 3.07. The van der Waals surface area contributed by atoms with Crippen molar-refractivity contribution in [3.63, 3.8) is 0 Å². The summed E-state index contributed by atoms with van der Waals surface area (Å²) >= 11 is 0. The third kappa shape index (κ3) is 6.13. The standard InChI is InChI=1S/C24H25N3O4/c1-31-16-15-27-17-19(11-12-22(27)28)23(29)26-21-10-6-5-9-20(21)24(30)25-14-13-18-7-3-2-4-8-18/h2-12,17H,13-16H2,1H3,(H,25,30)(H,26,29). The molecule has 0 aliphatic rings. The second kappa shape index (κ2) is 10.9. The van der Waals surface area contributed by atoms with Gasteiger partial charge in [-0.2, -0.15) is 0 Å². The van der Waals surface area contributed by atoms with Crippen LogP contribution in [-0.4, -0.2) is 36.6 Å². The zero-order valence-corrected chi connectivity index (χ0v) is 17.3. The molecule has 0 aliphatic carbocycles. The molecule has 0 fully saturated rings. The number of anilines is 1. The molecule has 0 atom stereocenters. The lowest BCUT2D eigenvalue weighted by atomic mass is 10.1. The van der Waals surface area contributed by atoms with Crippen LogP contribution in [0.4, 0.5) is 5.69 Å². The molecule has 31 heavy (non-hydrogen) atoms. The Balaban J connectivity index is 1.68. The molecule has 0 saturated carbocycles. The quantitative estimate of drug-likeness (QED) is 0.558. The summed E-state index contributed by atoms with van der Waals surface area (Å²) in [5.74, 6) is -0.674. The normalized spacial score (nSPS) is 10.5. The average molecular weight is 419 g/mol. The van der Waals surface area contributed by atoms with Gasteiger partial charge < -0.3 is 19.9 Å². The summed E-state index contributed by atoms with van der Waals surface area (Å²) in [6.45, 7) is 1.18. The fourth-order valence-corrected chi connectivity index (χ4v) is 3.07. The number of methoxy groups -OCH3 is 1. The Bertz CT molecular complexity index is 1090. The van der Waals surface area contributed by atoms with E-state index in [0.29, 0.717) is 42.9 Å². The van der Waals surface area contributed by atoms with E-state index in [4.69, 9.17) is 4.74 Å². The monoisotopic (exact) mass is 419 g/mol. The van der Waals surface area contributed by atoms with Gasteiger partial charge in [-0.25, -0.2) is 0 Å². The number of pyridine rings is 1. The van der Waals surface area contributed by atoms with Crippen molar-refractivity contribution in [1.82, 2.24) is 9.88 Å². The van der Waals surface area contributed by atoms with Gasteiger partial charge in [0.05, 0.1) is 23.4 Å². The lowest BCUT2D eigenvalue weighted by Gasteiger charge is -2.12. The summed E-state index contributed by atoms with van der Waals surface area (Å²) in [6, 6.07) is 19.5. The van der Waals surface area contributed by atoms with Gasteiger partial charge in [-0.05, 0) is 30.2 Å². The SMILES string of the molecule is COCCn1cc(C(=O)Nc2ccccc2C(=O)NCCc2ccccc2)ccc1=O. The third-order valence-corrected chi connectivity index (χ3v) is 4.74. The summed E-state index contributed by atoms with van der Waals surface area (Å²) in [4.78, 5) is 37.3. The van der Waals surface area contributed by atoms with Gasteiger partial charge in [0.2, 0.25) is 0 Å². The smallest absolute Gasteiger partial charge is 0.257 e. The van der Waals surface area contributed by atoms with Crippen molar-refractivity contribution in [2.24, 2.45) is 0 Å². The first-order chi connectivity index (χ1) is 15.1. The van der Waals surface area contributed by atoms with Gasteiger partial charge in [0.25, 0.3) is 17.4 Å². The van der Waals surface area contributed by atoms with Gasteiger partial charge in [0.1, 0.15) is 0 Å². The molecule has 2 N–H and O–H groups in total. The van der Waals surface area contributed by atoms with Crippen LogP contribution >= 0.6 is 0 Å². The fraction of sp³-hybridized carbons (Fsp3) is 0.208. The van der Waals surface area contributed by atoms with E-state index in [2.05, 4.69) is 10.6 Å². The second-order valence-electron chi connectivity index (χ2n) is 6.93. The molecule has 0 saturated heterocycles. The largest absolute Gasteiger partial charge is 0.383 e. The van der Waals surface area contributed by atoms with Crippen LogP contribution in [-0.2, 0) is 17.7 Å². The number of hydrogen-bond acceptors (Lipinski definition) is 4. The van der Waals surface area contributed by atoms with Crippen molar-refractivity contribution in [1.29, 1.82) is 0 Å². The molecule has 160 valence electrons. The Morgan fingerprint density at radius 2 is 1.68 bits per heavy atom. The number of nitrogens with one attached hydrogen (secondary N) is 2. The van der Waals surface area contributed by atoms with E-state index in [9.17, 15) is 14.4 Å². The Morgan fingerprint density at radius 3 is 2.45 bits per heavy atom. The first kappa shape index (κ1) is 22.0. The van der Waals surface area contributed by atoms with Crippen molar-refractivity contribution in [3.8, 4) is 0 Å². The summed E-state index contributed by atoms with van der Waals surface area (Å²) in [5, 5.41) is 5.66. The Hall–Kier alpha value is -3.71. The topological polar surface area (TPSA) is 89.4 Å². The molecule has 7 nitrogen and oxygen atoms in total. The van der Waals surface area contributed by atoms with Crippen molar-refractivity contribution in [2.45, 2.75) is 13.0 Å². The van der Waals surface area contributed by atoms with Crippen molar-refractivity contribution < 1.29 is 14.3 Å². The van der Waals surface area contributed by atoms with E-state index in [0.717, 1.165) is 5.56 Å². The second-order valence-corrected chi connectivity index (χ2v) is 6.93. The molecule has 1 heterocycles. The number of ether oxygens (including phenoxy) is 1. The highest BCUT2D eigenvalue weighted by molar-refractivity contribution is 6.08. The predicted octanol–water partition coefficient (Wildman–Crippen LogP) is 2.72. The molecule has 2 aromatic carbocycles. The van der Waals surface area contributed by atoms with E-state index in [-0.39, 0.29) is 11.5 Å². The number of aromatic nitrogens is 1. The van der Waals surface area contributed by atoms with E-state index >= 15 is 0 Å². The molecule has 2 amide bonds. The Kier molecular flexibility index (Phi) is 7.73. The first-order valence-electron chi connectivity index (χ1n) is 10.0. The maximum Gasteiger partial charge on any atom is 0.257 e. The molecule has 7 heteroatoms. The third-order valence-electron chi connectivity index (χ3n) is 4.74. The lowest BCUT2D eigenvalue weighted by molar-refractivity contribution is 0.0955. The number of rotatable bonds is 9. The molecule has 0 radical (unpaired) electrons. The number of para-hydroxylation sites is 1. The average Bonchev–Trinajstić information content (AvgIpc) is 2.79. The van der Waals surface area contributed by atoms with Gasteiger partial charge >= 0.3 is 0 Å². The maximum absolute atomic E-state index is 12.7. The van der Waals surface area contributed by atoms with Crippen LogP contribution in [0, 0.1) is 0 Å². The van der Waals surface area contributed by atoms with Crippen molar-refractivity contribution >= 4 is 17.5 Å². The molecular weight excluding hydrogens is 394 g/mol. The van der Waals surface area contributed by atoms with Gasteiger partial charge in [-0.3, -0.25) is 14.4 Å². The van der Waals surface area contributed by atoms with Crippen LogP contribution in [0.2, 0.25) is 0 Å². The zero-order valence-electron chi connectivity index (χ0n) is 17.3. The van der Waals surface area contributed by atoms with Crippen LogP contribution in [0.3, 0.4) is 0 Å². The van der Waals surface area contributed by atoms with E-state index in [1.54, 1.807) is 31.4 Å². The molecular formula is C24H25N3O4. The van der Waals surface area contributed by atoms with Crippen LogP contribution < -0.4 is 16.2 Å². The molecule has 0 bridgehead atoms. The van der Waals surface area contributed by atoms with E-state index in [1.807, 2.05) is 30.3 Å². The van der Waals surface area contributed by atoms with Crippen LogP contribution in [0.5, 0.6) is 0 Å². The number of carbonyl (C=O) groups excluding carboxylic acids is 2. The highest BCUT2D eigenvalue weighted by Gasteiger charge is 2.14. The summed E-state index contributed by atoms with van der Waals surface area (Å²) in [7, 11) is 1.55. The molecule has 1 aromatic heterocycles. The highest BCUT2D eigenvalue weighted by Crippen LogP contribution is 2.16. The number of benzene rings is 2. The Morgan fingerprint density at radius 1 is 0.935 bits per heavy atom. The van der Waals surface area contributed by atoms with Gasteiger partial charge in [-0.1, -0.05) is 42.5 Å². The number of carbonyl (C=O) groups is 2. The van der Waals surface area contributed by atoms with E-state index in [1.165, 1.54) is 22.9 Å². The molecule has 0 spiro atoms. The summed E-state index contributed by atoms with van der Waals surface area (Å²) in [6.07, 6.45) is 2.20. The molecule has 0 aliphatic heterocycles. The first-order valence-corrected chi connectivity index (χ1v) is 10.0. The van der Waals surface area contributed by atoms with Crippen molar-refractivity contribution in [2.75, 3.05) is 25.6 Å². The number of nitrogens with zero attached hydrogens (tertiary/aromatic N) is 1. The lowest BCUT2D eigenvalue weighted by Crippen LogP contribution is -2.27. The van der Waals surface area contributed by atoms with Crippen LogP contribution in [0.1, 0.15) is 26.3 Å². The summed E-state index contributed by atoms with van der Waals surface area (Å²) in [5.41, 5.74) is 2.01. The maximum atomic E-state index is 12.7. The highest BCUT2D eigenvalue weighted by atomic mass is 16.5. The van der Waals surface area contributed by atoms with Gasteiger partial charge in [0.15, 0.2) is 0 Å². The predicted molar refractivity (Wildman–Crippen MR) is 119 cm³/mol. The molecule has 3 rings (SSSR count). The molecule has 0 unspecified atom stereocenters. The number of amides is 2. The van der Waals surface area contributed by atoms with E-state index < -0.39 is 5.91 Å². The minimum absolute atomic E-state index is 0.216. The zero-order chi connectivity index (χ0) is 22.1. The minimum atomic E-state index is -0.407. The Labute approximate surface area is 180 Å². The van der Waals surface area contributed by atoms with Gasteiger partial charge in [-0.15, -0.1) is 0 Å². The number of hydrogen-bond donors (Lipinski definition) is 2. The minimum Gasteiger partial charge on any atom is -0.383 e. The van der Waals surface area contributed by atoms with Crippen molar-refractivity contribution in [3.05, 3.63) is 100.0 Å². The summed E-state index contributed by atoms with van der Waals surface area (Å²) < 4.78 is 6.41. The molecule has 3 aromatic rings. The van der Waals surface area contributed by atoms with Crippen LogP contribution in [0.15, 0.2) is 77.7 Å². The van der Waals surface area contributed by atoms with Gasteiger partial charge in [0, 0.05) is 32.5 Å².